The van der Waals surface area contributed by atoms with Crippen LogP contribution < -0.4 is 15.5 Å². The van der Waals surface area contributed by atoms with Gasteiger partial charge in [-0.15, -0.1) is 0 Å². The van der Waals surface area contributed by atoms with Crippen LogP contribution in [0, 0.1) is 11.3 Å². The van der Waals surface area contributed by atoms with Crippen molar-refractivity contribution in [3.05, 3.63) is 41.6 Å². The second-order valence-corrected chi connectivity index (χ2v) is 7.30. The van der Waals surface area contributed by atoms with E-state index in [0.717, 1.165) is 56.1 Å². The molecule has 6 nitrogen and oxygen atoms in total. The van der Waals surface area contributed by atoms with E-state index in [-0.39, 0.29) is 0 Å². The first kappa shape index (κ1) is 20.1. The van der Waals surface area contributed by atoms with Crippen LogP contribution in [0.2, 0.25) is 0 Å². The summed E-state index contributed by atoms with van der Waals surface area (Å²) in [5.41, 5.74) is 2.51. The zero-order chi connectivity index (χ0) is 19.8. The van der Waals surface area contributed by atoms with Crippen LogP contribution in [-0.4, -0.2) is 35.6 Å². The van der Waals surface area contributed by atoms with Crippen molar-refractivity contribution in [2.75, 3.05) is 29.9 Å². The second kappa shape index (κ2) is 10.0. The van der Waals surface area contributed by atoms with Gasteiger partial charge in [-0.25, -0.2) is 4.98 Å². The van der Waals surface area contributed by atoms with E-state index in [1.165, 1.54) is 12.8 Å². The van der Waals surface area contributed by atoms with Crippen molar-refractivity contribution >= 4 is 17.5 Å². The molecule has 1 fully saturated rings. The van der Waals surface area contributed by atoms with Crippen LogP contribution in [0.25, 0.3) is 0 Å². The fraction of sp³-hybridized carbons (Fsp3) is 0.500. The normalized spacial score (nSPS) is 16.2. The molecule has 0 amide bonds. The minimum Gasteiger partial charge on any atom is -0.352 e. The molecular formula is C22H30N6. The Bertz CT molecular complexity index is 813. The van der Waals surface area contributed by atoms with Gasteiger partial charge >= 0.3 is 0 Å². The molecule has 2 N–H and O–H groups in total. The molecule has 1 aromatic carbocycles. The van der Waals surface area contributed by atoms with Crippen LogP contribution in [0.4, 0.5) is 17.5 Å². The van der Waals surface area contributed by atoms with Crippen molar-refractivity contribution in [1.82, 2.24) is 15.3 Å². The van der Waals surface area contributed by atoms with Crippen LogP contribution in [0.1, 0.15) is 50.8 Å². The highest BCUT2D eigenvalue weighted by molar-refractivity contribution is 5.58. The zero-order valence-corrected chi connectivity index (χ0v) is 16.9. The zero-order valence-electron chi connectivity index (χ0n) is 16.9. The molecule has 0 aliphatic carbocycles. The maximum atomic E-state index is 9.13. The predicted molar refractivity (Wildman–Crippen MR) is 114 cm³/mol. The third-order valence-electron chi connectivity index (χ3n) is 5.00. The molecule has 2 aromatic rings. The average molecular weight is 379 g/mol. The van der Waals surface area contributed by atoms with Gasteiger partial charge in [-0.2, -0.15) is 10.2 Å². The molecule has 0 bridgehead atoms. The number of nitrogens with zero attached hydrogens (tertiary/aromatic N) is 4. The molecule has 1 aliphatic heterocycles. The molecule has 0 radical (unpaired) electrons. The molecule has 2 heterocycles. The van der Waals surface area contributed by atoms with Gasteiger partial charge in [0.1, 0.15) is 5.82 Å². The lowest BCUT2D eigenvalue weighted by molar-refractivity contribution is 0.568. The molecule has 6 heteroatoms. The summed E-state index contributed by atoms with van der Waals surface area (Å²) < 4.78 is 0. The standard InChI is InChI=1S/C22H30N6/c1-3-7-18-14-21(28-12-6-10-20(28)16-24-11-4-2)27-22(25-18)26-19-9-5-8-17(13-19)15-23/h5,8-9,13-14,20,24H,3-4,6-7,10-12,16H2,1-2H3,(H,25,26,27). The Labute approximate surface area is 168 Å². The summed E-state index contributed by atoms with van der Waals surface area (Å²) in [6.07, 6.45) is 5.50. The Kier molecular flexibility index (Phi) is 7.21. The molecule has 1 aromatic heterocycles. The number of nitriles is 1. The minimum atomic E-state index is 0.477. The van der Waals surface area contributed by atoms with Crippen LogP contribution in [-0.2, 0) is 6.42 Å². The Hall–Kier alpha value is -2.65. The molecule has 148 valence electrons. The predicted octanol–water partition coefficient (Wildman–Crippen LogP) is 4.01. The maximum absolute atomic E-state index is 9.13. The third-order valence-corrected chi connectivity index (χ3v) is 5.00. The van der Waals surface area contributed by atoms with Gasteiger partial charge in [0.15, 0.2) is 0 Å². The van der Waals surface area contributed by atoms with Crippen molar-refractivity contribution in [2.24, 2.45) is 0 Å². The maximum Gasteiger partial charge on any atom is 0.229 e. The largest absolute Gasteiger partial charge is 0.352 e. The second-order valence-electron chi connectivity index (χ2n) is 7.30. The van der Waals surface area contributed by atoms with E-state index in [2.05, 4.69) is 41.5 Å². The van der Waals surface area contributed by atoms with Crippen molar-refractivity contribution in [3.63, 3.8) is 0 Å². The minimum absolute atomic E-state index is 0.477. The van der Waals surface area contributed by atoms with Gasteiger partial charge in [0, 0.05) is 36.6 Å². The van der Waals surface area contributed by atoms with Crippen LogP contribution in [0.3, 0.4) is 0 Å². The molecule has 1 saturated heterocycles. The lowest BCUT2D eigenvalue weighted by Crippen LogP contribution is -2.38. The summed E-state index contributed by atoms with van der Waals surface area (Å²) in [4.78, 5) is 11.9. The van der Waals surface area contributed by atoms with Gasteiger partial charge in [0.2, 0.25) is 5.95 Å². The van der Waals surface area contributed by atoms with E-state index >= 15 is 0 Å². The molecule has 28 heavy (non-hydrogen) atoms. The van der Waals surface area contributed by atoms with Crippen molar-refractivity contribution < 1.29 is 0 Å². The molecule has 3 rings (SSSR count). The molecule has 0 spiro atoms. The van der Waals surface area contributed by atoms with E-state index in [1.54, 1.807) is 6.07 Å². The van der Waals surface area contributed by atoms with Gasteiger partial charge in [-0.05, 0) is 50.4 Å². The topological polar surface area (TPSA) is 76.9 Å². The Morgan fingerprint density at radius 1 is 1.21 bits per heavy atom. The summed E-state index contributed by atoms with van der Waals surface area (Å²) in [5.74, 6) is 1.60. The highest BCUT2D eigenvalue weighted by Gasteiger charge is 2.26. The molecule has 1 unspecified atom stereocenters. The van der Waals surface area contributed by atoms with E-state index in [4.69, 9.17) is 15.2 Å². The molecule has 0 saturated carbocycles. The third kappa shape index (κ3) is 5.20. The number of nitrogens with one attached hydrogen (secondary N) is 2. The van der Waals surface area contributed by atoms with Gasteiger partial charge in [-0.3, -0.25) is 0 Å². The fourth-order valence-corrected chi connectivity index (χ4v) is 3.66. The van der Waals surface area contributed by atoms with Crippen molar-refractivity contribution in [3.8, 4) is 6.07 Å². The highest BCUT2D eigenvalue weighted by atomic mass is 15.3. The van der Waals surface area contributed by atoms with Crippen LogP contribution >= 0.6 is 0 Å². The van der Waals surface area contributed by atoms with Gasteiger partial charge in [0.05, 0.1) is 11.6 Å². The highest BCUT2D eigenvalue weighted by Crippen LogP contribution is 2.26. The number of hydrogen-bond acceptors (Lipinski definition) is 6. The van der Waals surface area contributed by atoms with Gasteiger partial charge < -0.3 is 15.5 Å². The summed E-state index contributed by atoms with van der Waals surface area (Å²) in [5, 5.41) is 16.0. The first-order valence-electron chi connectivity index (χ1n) is 10.4. The monoisotopic (exact) mass is 378 g/mol. The smallest absolute Gasteiger partial charge is 0.229 e. The Morgan fingerprint density at radius 2 is 2.11 bits per heavy atom. The average Bonchev–Trinajstić information content (AvgIpc) is 3.17. The van der Waals surface area contributed by atoms with E-state index in [1.807, 2.05) is 18.2 Å². The summed E-state index contributed by atoms with van der Waals surface area (Å²) in [6.45, 7) is 7.44. The molecule has 1 atom stereocenters. The number of anilines is 3. The first-order chi connectivity index (χ1) is 13.7. The van der Waals surface area contributed by atoms with Crippen molar-refractivity contribution in [2.45, 2.75) is 52.0 Å². The summed E-state index contributed by atoms with van der Waals surface area (Å²) >= 11 is 0. The fourth-order valence-electron chi connectivity index (χ4n) is 3.66. The number of hydrogen-bond donors (Lipinski definition) is 2. The van der Waals surface area contributed by atoms with Crippen LogP contribution in [0.15, 0.2) is 30.3 Å². The first-order valence-corrected chi connectivity index (χ1v) is 10.4. The Balaban J connectivity index is 1.83. The lowest BCUT2D eigenvalue weighted by atomic mass is 10.2. The van der Waals surface area contributed by atoms with E-state index in [9.17, 15) is 0 Å². The summed E-state index contributed by atoms with van der Waals surface area (Å²) in [7, 11) is 0. The number of aromatic nitrogens is 2. The SMILES string of the molecule is CCCNCC1CCCN1c1cc(CCC)nc(Nc2cccc(C#N)c2)n1. The quantitative estimate of drug-likeness (QED) is 0.642. The van der Waals surface area contributed by atoms with Crippen molar-refractivity contribution in [1.29, 1.82) is 5.26 Å². The lowest BCUT2D eigenvalue weighted by Gasteiger charge is -2.27. The number of rotatable bonds is 9. The number of benzene rings is 1. The number of aryl methyl sites for hydroxylation is 1. The van der Waals surface area contributed by atoms with Crippen LogP contribution in [0.5, 0.6) is 0 Å². The molecular weight excluding hydrogens is 348 g/mol. The van der Waals surface area contributed by atoms with E-state index < -0.39 is 0 Å². The van der Waals surface area contributed by atoms with Gasteiger partial charge in [-0.1, -0.05) is 26.3 Å². The summed E-state index contributed by atoms with van der Waals surface area (Å²) in [6, 6.07) is 12.2. The molecule has 1 aliphatic rings. The van der Waals surface area contributed by atoms with Gasteiger partial charge in [0.25, 0.3) is 0 Å². The Morgan fingerprint density at radius 3 is 2.89 bits per heavy atom. The van der Waals surface area contributed by atoms with E-state index in [0.29, 0.717) is 17.6 Å².